The van der Waals surface area contributed by atoms with Gasteiger partial charge in [0.15, 0.2) is 6.30 Å². The highest BCUT2D eigenvalue weighted by atomic mass is 19.1. The first-order chi connectivity index (χ1) is 4.84. The zero-order chi connectivity index (χ0) is 7.40. The van der Waals surface area contributed by atoms with Crippen LogP contribution in [-0.4, -0.2) is 37.5 Å². The summed E-state index contributed by atoms with van der Waals surface area (Å²) in [7, 11) is 0. The smallest absolute Gasteiger partial charge is 0.153 e. The Labute approximate surface area is 61.0 Å². The summed E-state index contributed by atoms with van der Waals surface area (Å²) in [6.45, 7) is 6.22. The van der Waals surface area contributed by atoms with Gasteiger partial charge >= 0.3 is 0 Å². The fourth-order valence-corrected chi connectivity index (χ4v) is 1.04. The summed E-state index contributed by atoms with van der Waals surface area (Å²) in [5.74, 6) is 0. The van der Waals surface area contributed by atoms with Crippen LogP contribution in [0.3, 0.4) is 0 Å². The van der Waals surface area contributed by atoms with Gasteiger partial charge in [0.25, 0.3) is 0 Å². The molecule has 59 valence electrons. The normalized spacial score (nSPS) is 24.6. The highest BCUT2D eigenvalue weighted by Gasteiger charge is 2.17. The van der Waals surface area contributed by atoms with Crippen molar-refractivity contribution in [3.63, 3.8) is 0 Å². The summed E-state index contributed by atoms with van der Waals surface area (Å²) in [5, 5.41) is 0. The quantitative estimate of drug-likeness (QED) is 0.535. The van der Waals surface area contributed by atoms with E-state index in [0.717, 1.165) is 0 Å². The lowest BCUT2D eigenvalue weighted by Crippen LogP contribution is -2.41. The van der Waals surface area contributed by atoms with Gasteiger partial charge in [-0.15, -0.1) is 0 Å². The molecular weight excluding hydrogens is 133 g/mol. The second kappa shape index (κ2) is 3.88. The van der Waals surface area contributed by atoms with Crippen molar-refractivity contribution >= 4 is 0 Å². The lowest BCUT2D eigenvalue weighted by molar-refractivity contribution is -0.0193. The third kappa shape index (κ3) is 1.92. The summed E-state index contributed by atoms with van der Waals surface area (Å²) in [4.78, 5) is 1.76. The van der Waals surface area contributed by atoms with Crippen molar-refractivity contribution in [1.82, 2.24) is 4.90 Å². The van der Waals surface area contributed by atoms with Crippen LogP contribution < -0.4 is 0 Å². The lowest BCUT2D eigenvalue weighted by atomic mass is 10.3. The molecule has 0 amide bonds. The van der Waals surface area contributed by atoms with E-state index in [1.54, 1.807) is 4.90 Å². The molecule has 0 aliphatic carbocycles. The maximum absolute atomic E-state index is 12.8. The van der Waals surface area contributed by atoms with Gasteiger partial charge in [-0.3, -0.25) is 4.90 Å². The van der Waals surface area contributed by atoms with E-state index in [1.807, 2.05) is 0 Å². The number of hydrogen-bond acceptors (Lipinski definition) is 2. The predicted molar refractivity (Wildman–Crippen MR) is 37.3 cm³/mol. The largest absolute Gasteiger partial charge is 0.379 e. The highest BCUT2D eigenvalue weighted by molar-refractivity contribution is 4.65. The average Bonchev–Trinajstić information content (AvgIpc) is 2.05. The van der Waals surface area contributed by atoms with Gasteiger partial charge in [-0.25, -0.2) is 4.39 Å². The molecule has 1 aliphatic heterocycles. The average molecular weight is 146 g/mol. The van der Waals surface area contributed by atoms with Gasteiger partial charge in [-0.1, -0.05) is 0 Å². The molecule has 2 nitrogen and oxygen atoms in total. The zero-order valence-corrected chi connectivity index (χ0v) is 6.05. The van der Waals surface area contributed by atoms with Crippen molar-refractivity contribution in [3.8, 4) is 0 Å². The summed E-state index contributed by atoms with van der Waals surface area (Å²) < 4.78 is 17.9. The van der Waals surface area contributed by atoms with Crippen molar-refractivity contribution in [3.05, 3.63) is 6.92 Å². The SMILES string of the molecule is [CH2]CC(F)N1CCOCC1. The number of morpholine rings is 1. The molecule has 0 bridgehead atoms. The molecule has 0 aromatic heterocycles. The topological polar surface area (TPSA) is 12.5 Å². The Morgan fingerprint density at radius 1 is 1.50 bits per heavy atom. The molecule has 0 N–H and O–H groups in total. The van der Waals surface area contributed by atoms with Crippen LogP contribution in [0.15, 0.2) is 0 Å². The predicted octanol–water partition coefficient (Wildman–Crippen LogP) is 0.838. The molecule has 0 aromatic rings. The van der Waals surface area contributed by atoms with E-state index < -0.39 is 6.30 Å². The molecule has 0 saturated carbocycles. The maximum atomic E-state index is 12.8. The van der Waals surface area contributed by atoms with E-state index in [1.165, 1.54) is 0 Å². The molecule has 1 saturated heterocycles. The molecule has 1 unspecified atom stereocenters. The number of halogens is 1. The first-order valence-corrected chi connectivity index (χ1v) is 3.59. The zero-order valence-electron chi connectivity index (χ0n) is 6.05. The first-order valence-electron chi connectivity index (χ1n) is 3.59. The van der Waals surface area contributed by atoms with Crippen molar-refractivity contribution in [2.24, 2.45) is 0 Å². The van der Waals surface area contributed by atoms with E-state index in [2.05, 4.69) is 6.92 Å². The van der Waals surface area contributed by atoms with E-state index in [-0.39, 0.29) is 0 Å². The summed E-state index contributed by atoms with van der Waals surface area (Å²) >= 11 is 0. The van der Waals surface area contributed by atoms with Gasteiger partial charge in [0.05, 0.1) is 13.2 Å². The van der Waals surface area contributed by atoms with Crippen LogP contribution in [0.25, 0.3) is 0 Å². The van der Waals surface area contributed by atoms with E-state index in [9.17, 15) is 4.39 Å². The summed E-state index contributed by atoms with van der Waals surface area (Å²) in [5.41, 5.74) is 0. The fourth-order valence-electron chi connectivity index (χ4n) is 1.04. The Balaban J connectivity index is 2.24. The number of hydrogen-bond donors (Lipinski definition) is 0. The van der Waals surface area contributed by atoms with Crippen LogP contribution >= 0.6 is 0 Å². The molecule has 0 aromatic carbocycles. The van der Waals surface area contributed by atoms with Gasteiger partial charge in [-0.2, -0.15) is 0 Å². The molecule has 1 heterocycles. The van der Waals surface area contributed by atoms with Crippen molar-refractivity contribution in [1.29, 1.82) is 0 Å². The van der Waals surface area contributed by atoms with Crippen LogP contribution in [0, 0.1) is 6.92 Å². The molecule has 1 radical (unpaired) electrons. The van der Waals surface area contributed by atoms with Gasteiger partial charge in [0.2, 0.25) is 0 Å². The number of alkyl halides is 1. The Morgan fingerprint density at radius 3 is 2.60 bits per heavy atom. The van der Waals surface area contributed by atoms with Crippen molar-refractivity contribution < 1.29 is 9.13 Å². The Morgan fingerprint density at radius 2 is 2.10 bits per heavy atom. The minimum Gasteiger partial charge on any atom is -0.379 e. The lowest BCUT2D eigenvalue weighted by Gasteiger charge is -2.28. The summed E-state index contributed by atoms with van der Waals surface area (Å²) in [6.07, 6.45) is -0.538. The Hall–Kier alpha value is -0.150. The van der Waals surface area contributed by atoms with Crippen molar-refractivity contribution in [2.45, 2.75) is 12.7 Å². The minimum atomic E-state index is -0.871. The van der Waals surface area contributed by atoms with E-state index >= 15 is 0 Å². The third-order valence-electron chi connectivity index (χ3n) is 1.68. The van der Waals surface area contributed by atoms with Crippen LogP contribution in [0.5, 0.6) is 0 Å². The fraction of sp³-hybridized carbons (Fsp3) is 0.857. The van der Waals surface area contributed by atoms with E-state index in [4.69, 9.17) is 4.74 Å². The van der Waals surface area contributed by atoms with E-state index in [0.29, 0.717) is 32.7 Å². The second-order valence-corrected chi connectivity index (χ2v) is 2.37. The van der Waals surface area contributed by atoms with Crippen LogP contribution in [0.1, 0.15) is 6.42 Å². The maximum Gasteiger partial charge on any atom is 0.153 e. The first kappa shape index (κ1) is 7.95. The number of nitrogens with zero attached hydrogens (tertiary/aromatic N) is 1. The van der Waals surface area contributed by atoms with Crippen LogP contribution in [0.4, 0.5) is 4.39 Å². The van der Waals surface area contributed by atoms with Crippen molar-refractivity contribution in [2.75, 3.05) is 26.3 Å². The number of ether oxygens (including phenoxy) is 1. The van der Waals surface area contributed by atoms with Gasteiger partial charge in [-0.05, 0) is 13.3 Å². The Kier molecular flexibility index (Phi) is 3.09. The second-order valence-electron chi connectivity index (χ2n) is 2.37. The standard InChI is InChI=1S/C7H13FNO/c1-2-7(8)9-3-5-10-6-4-9/h7H,1-6H2. The van der Waals surface area contributed by atoms with Gasteiger partial charge in [0.1, 0.15) is 0 Å². The molecule has 3 heteroatoms. The van der Waals surface area contributed by atoms with Gasteiger partial charge in [0, 0.05) is 13.1 Å². The molecule has 1 rings (SSSR count). The van der Waals surface area contributed by atoms with Crippen LogP contribution in [0.2, 0.25) is 0 Å². The Bertz CT molecular complexity index is 93.6. The monoisotopic (exact) mass is 146 g/mol. The van der Waals surface area contributed by atoms with Crippen LogP contribution in [-0.2, 0) is 4.74 Å². The third-order valence-corrected chi connectivity index (χ3v) is 1.68. The van der Waals surface area contributed by atoms with Gasteiger partial charge < -0.3 is 4.74 Å². The molecule has 1 aliphatic rings. The molecule has 0 spiro atoms. The summed E-state index contributed by atoms with van der Waals surface area (Å²) in [6, 6.07) is 0. The highest BCUT2D eigenvalue weighted by Crippen LogP contribution is 2.07. The molecule has 1 fully saturated rings. The molecule has 10 heavy (non-hydrogen) atoms. The minimum absolute atomic E-state index is 0.333. The molecule has 1 atom stereocenters. The molecular formula is C7H13FNO. The number of rotatable bonds is 2.